The Morgan fingerprint density at radius 3 is 2.42 bits per heavy atom. The Kier molecular flexibility index (Phi) is 3.93. The minimum atomic E-state index is -0.694. The van der Waals surface area contributed by atoms with Gasteiger partial charge in [0.15, 0.2) is 5.78 Å². The summed E-state index contributed by atoms with van der Waals surface area (Å²) in [6.45, 7) is 2.46. The van der Waals surface area contributed by atoms with Crippen LogP contribution in [0.25, 0.3) is 0 Å². The molecule has 1 heterocycles. The molecule has 19 heavy (non-hydrogen) atoms. The number of carbonyl (C=O) groups excluding carboxylic acids is 2. The molecular weight excluding hydrogens is 252 g/mol. The molecule has 0 bridgehead atoms. The standard InChI is InChI=1S/C14H15F2NO2/c1-9(18)17-6-4-10(5-7-17)14(19)12-8-11(15)2-3-13(12)16/h2-3,8,10H,4-7H2,1H3. The molecule has 1 aliphatic rings. The van der Waals surface area contributed by atoms with Gasteiger partial charge in [-0.2, -0.15) is 0 Å². The van der Waals surface area contributed by atoms with Gasteiger partial charge in [0, 0.05) is 25.9 Å². The Morgan fingerprint density at radius 1 is 1.21 bits per heavy atom. The lowest BCUT2D eigenvalue weighted by atomic mass is 9.88. The summed E-state index contributed by atoms with van der Waals surface area (Å²) in [5.74, 6) is -2.05. The lowest BCUT2D eigenvalue weighted by Gasteiger charge is -2.30. The van der Waals surface area contributed by atoms with Crippen LogP contribution < -0.4 is 0 Å². The van der Waals surface area contributed by atoms with Crippen LogP contribution in [0, 0.1) is 17.6 Å². The predicted molar refractivity (Wildman–Crippen MR) is 65.7 cm³/mol. The number of carbonyl (C=O) groups is 2. The van der Waals surface area contributed by atoms with E-state index in [-0.39, 0.29) is 23.2 Å². The van der Waals surface area contributed by atoms with E-state index in [4.69, 9.17) is 0 Å². The molecule has 1 saturated heterocycles. The SMILES string of the molecule is CC(=O)N1CCC(C(=O)c2cc(F)ccc2F)CC1. The normalized spacial score (nSPS) is 16.5. The van der Waals surface area contributed by atoms with E-state index in [0.29, 0.717) is 25.9 Å². The zero-order valence-electron chi connectivity index (χ0n) is 10.7. The van der Waals surface area contributed by atoms with E-state index >= 15 is 0 Å². The second-order valence-electron chi connectivity index (χ2n) is 4.77. The third-order valence-corrected chi connectivity index (χ3v) is 3.50. The Bertz CT molecular complexity index is 508. The number of amides is 1. The molecular formula is C14H15F2NO2. The first-order valence-corrected chi connectivity index (χ1v) is 6.24. The number of halogens is 2. The molecule has 1 aromatic rings. The number of rotatable bonds is 2. The van der Waals surface area contributed by atoms with Crippen LogP contribution in [-0.4, -0.2) is 29.7 Å². The van der Waals surface area contributed by atoms with Gasteiger partial charge in [-0.3, -0.25) is 9.59 Å². The van der Waals surface area contributed by atoms with E-state index in [2.05, 4.69) is 0 Å². The van der Waals surface area contributed by atoms with Crippen molar-refractivity contribution in [2.24, 2.45) is 5.92 Å². The van der Waals surface area contributed by atoms with Crippen LogP contribution in [0.2, 0.25) is 0 Å². The summed E-state index contributed by atoms with van der Waals surface area (Å²) in [5, 5.41) is 0. The summed E-state index contributed by atoms with van der Waals surface area (Å²) in [5.41, 5.74) is -0.193. The van der Waals surface area contributed by atoms with Gasteiger partial charge >= 0.3 is 0 Å². The third kappa shape index (κ3) is 2.97. The molecule has 102 valence electrons. The zero-order valence-corrected chi connectivity index (χ0v) is 10.7. The second kappa shape index (κ2) is 5.47. The first-order chi connectivity index (χ1) is 8.99. The van der Waals surface area contributed by atoms with Crippen molar-refractivity contribution in [2.75, 3.05) is 13.1 Å². The number of nitrogens with zero attached hydrogens (tertiary/aromatic N) is 1. The van der Waals surface area contributed by atoms with Crippen molar-refractivity contribution in [1.29, 1.82) is 0 Å². The molecule has 3 nitrogen and oxygen atoms in total. The zero-order chi connectivity index (χ0) is 14.0. The van der Waals surface area contributed by atoms with E-state index < -0.39 is 11.6 Å². The van der Waals surface area contributed by atoms with E-state index in [1.807, 2.05) is 0 Å². The molecule has 1 amide bonds. The van der Waals surface area contributed by atoms with Crippen LogP contribution in [0.15, 0.2) is 18.2 Å². The maximum Gasteiger partial charge on any atom is 0.219 e. The van der Waals surface area contributed by atoms with Crippen molar-refractivity contribution in [3.05, 3.63) is 35.4 Å². The Labute approximate surface area is 110 Å². The molecule has 1 aromatic carbocycles. The average molecular weight is 267 g/mol. The average Bonchev–Trinajstić information content (AvgIpc) is 2.41. The molecule has 0 unspecified atom stereocenters. The monoisotopic (exact) mass is 267 g/mol. The lowest BCUT2D eigenvalue weighted by Crippen LogP contribution is -2.39. The number of ketones is 1. The van der Waals surface area contributed by atoms with Gasteiger partial charge in [0.2, 0.25) is 5.91 Å². The maximum absolute atomic E-state index is 13.5. The summed E-state index contributed by atoms with van der Waals surface area (Å²) in [4.78, 5) is 25.0. The first-order valence-electron chi connectivity index (χ1n) is 6.24. The Morgan fingerprint density at radius 2 is 1.84 bits per heavy atom. The van der Waals surface area contributed by atoms with Gasteiger partial charge in [0.25, 0.3) is 0 Å². The highest BCUT2D eigenvalue weighted by Gasteiger charge is 2.28. The van der Waals surface area contributed by atoms with E-state index in [1.165, 1.54) is 6.92 Å². The van der Waals surface area contributed by atoms with Gasteiger partial charge in [-0.15, -0.1) is 0 Å². The van der Waals surface area contributed by atoms with Crippen molar-refractivity contribution in [3.8, 4) is 0 Å². The van der Waals surface area contributed by atoms with Crippen LogP contribution >= 0.6 is 0 Å². The van der Waals surface area contributed by atoms with Gasteiger partial charge in [-0.1, -0.05) is 0 Å². The molecule has 0 N–H and O–H groups in total. The summed E-state index contributed by atoms with van der Waals surface area (Å²) < 4.78 is 26.6. The third-order valence-electron chi connectivity index (χ3n) is 3.50. The summed E-state index contributed by atoms with van der Waals surface area (Å²) in [6, 6.07) is 2.90. The van der Waals surface area contributed by atoms with E-state index in [1.54, 1.807) is 4.90 Å². The number of hydrogen-bond donors (Lipinski definition) is 0. The topological polar surface area (TPSA) is 37.4 Å². The summed E-state index contributed by atoms with van der Waals surface area (Å²) in [7, 11) is 0. The summed E-state index contributed by atoms with van der Waals surface area (Å²) in [6.07, 6.45) is 0.989. The van der Waals surface area contributed by atoms with Crippen LogP contribution in [0.1, 0.15) is 30.1 Å². The summed E-state index contributed by atoms with van der Waals surface area (Å²) >= 11 is 0. The van der Waals surface area contributed by atoms with Crippen LogP contribution in [0.3, 0.4) is 0 Å². The molecule has 2 rings (SSSR count). The highest BCUT2D eigenvalue weighted by Crippen LogP contribution is 2.23. The quantitative estimate of drug-likeness (QED) is 0.772. The van der Waals surface area contributed by atoms with Gasteiger partial charge in [0.1, 0.15) is 11.6 Å². The first kappa shape index (κ1) is 13.6. The fourth-order valence-electron chi connectivity index (χ4n) is 2.36. The highest BCUT2D eigenvalue weighted by molar-refractivity contribution is 5.98. The molecule has 0 spiro atoms. The Hall–Kier alpha value is -1.78. The fourth-order valence-corrected chi connectivity index (χ4v) is 2.36. The number of likely N-dealkylation sites (tertiary alicyclic amines) is 1. The minimum Gasteiger partial charge on any atom is -0.343 e. The van der Waals surface area contributed by atoms with Crippen molar-refractivity contribution in [1.82, 2.24) is 4.90 Å². The van der Waals surface area contributed by atoms with Crippen molar-refractivity contribution in [2.45, 2.75) is 19.8 Å². The van der Waals surface area contributed by atoms with Gasteiger partial charge in [-0.05, 0) is 31.0 Å². The molecule has 0 radical (unpaired) electrons. The molecule has 0 saturated carbocycles. The van der Waals surface area contributed by atoms with Gasteiger partial charge in [0.05, 0.1) is 5.56 Å². The molecule has 0 atom stereocenters. The van der Waals surface area contributed by atoms with Crippen molar-refractivity contribution < 1.29 is 18.4 Å². The molecule has 1 aliphatic heterocycles. The van der Waals surface area contributed by atoms with Gasteiger partial charge < -0.3 is 4.90 Å². The number of piperidine rings is 1. The largest absolute Gasteiger partial charge is 0.343 e. The number of hydrogen-bond acceptors (Lipinski definition) is 2. The maximum atomic E-state index is 13.5. The van der Waals surface area contributed by atoms with Gasteiger partial charge in [-0.25, -0.2) is 8.78 Å². The molecule has 0 aliphatic carbocycles. The molecule has 5 heteroatoms. The lowest BCUT2D eigenvalue weighted by molar-refractivity contribution is -0.130. The van der Waals surface area contributed by atoms with Crippen molar-refractivity contribution >= 4 is 11.7 Å². The predicted octanol–water partition coefficient (Wildman–Crippen LogP) is 2.41. The number of Topliss-reactive ketones (excluding diaryl/α,β-unsaturated/α-hetero) is 1. The molecule has 0 aromatic heterocycles. The minimum absolute atomic E-state index is 0.0252. The van der Waals surface area contributed by atoms with E-state index in [9.17, 15) is 18.4 Å². The smallest absolute Gasteiger partial charge is 0.219 e. The Balaban J connectivity index is 2.09. The fraction of sp³-hybridized carbons (Fsp3) is 0.429. The van der Waals surface area contributed by atoms with Crippen LogP contribution in [0.4, 0.5) is 8.78 Å². The molecule has 1 fully saturated rings. The second-order valence-corrected chi connectivity index (χ2v) is 4.77. The highest BCUT2D eigenvalue weighted by atomic mass is 19.1. The van der Waals surface area contributed by atoms with Crippen molar-refractivity contribution in [3.63, 3.8) is 0 Å². The van der Waals surface area contributed by atoms with E-state index in [0.717, 1.165) is 18.2 Å². The number of benzene rings is 1. The van der Waals surface area contributed by atoms with Crippen LogP contribution in [0.5, 0.6) is 0 Å². The van der Waals surface area contributed by atoms with Crippen LogP contribution in [-0.2, 0) is 4.79 Å².